The van der Waals surface area contributed by atoms with E-state index < -0.39 is 7.94 Å². The van der Waals surface area contributed by atoms with E-state index in [4.69, 9.17) is 9.05 Å². The number of hydrogen-bond acceptors (Lipinski definition) is 3. The van der Waals surface area contributed by atoms with Crippen molar-refractivity contribution in [3.05, 3.63) is 30.3 Å². The molecule has 0 atom stereocenters. The van der Waals surface area contributed by atoms with Gasteiger partial charge in [0.05, 0.1) is 0 Å². The van der Waals surface area contributed by atoms with Crippen molar-refractivity contribution in [2.45, 2.75) is 13.8 Å². The van der Waals surface area contributed by atoms with Crippen LogP contribution in [-0.2, 0) is 9.05 Å². The molecule has 0 aliphatic carbocycles. The summed E-state index contributed by atoms with van der Waals surface area (Å²) < 4.78 is 10.7. The molecule has 1 aromatic rings. The van der Waals surface area contributed by atoms with Crippen LogP contribution in [0.2, 0.25) is 0 Å². The molecule has 3 nitrogen and oxygen atoms in total. The zero-order chi connectivity index (χ0) is 10.4. The Morgan fingerprint density at radius 3 is 2.00 bits per heavy atom. The van der Waals surface area contributed by atoms with Crippen molar-refractivity contribution in [3.8, 4) is 0 Å². The van der Waals surface area contributed by atoms with E-state index >= 15 is 0 Å². The molecule has 0 aliphatic heterocycles. The molecule has 0 amide bonds. The Morgan fingerprint density at radius 2 is 1.57 bits per heavy atom. The quantitative estimate of drug-likeness (QED) is 0.764. The third-order valence-electron chi connectivity index (χ3n) is 1.82. The molecule has 1 rings (SSSR count). The van der Waals surface area contributed by atoms with Crippen molar-refractivity contribution >= 4 is 13.2 Å². The molecule has 0 saturated carbocycles. The third kappa shape index (κ3) is 2.76. The van der Waals surface area contributed by atoms with Gasteiger partial charge in [0.25, 0.3) is 0 Å². The zero-order valence-electron chi connectivity index (χ0n) is 8.56. The minimum atomic E-state index is -3.13. The fourth-order valence-electron chi connectivity index (χ4n) is 1.25. The number of rotatable bonds is 5. The van der Waals surface area contributed by atoms with Crippen molar-refractivity contribution in [3.63, 3.8) is 0 Å². The summed E-state index contributed by atoms with van der Waals surface area (Å²) in [4.78, 5) is 10.2. The minimum absolute atomic E-state index is 0.456. The van der Waals surface area contributed by atoms with Gasteiger partial charge in [-0.05, 0) is 0 Å². The summed E-state index contributed by atoms with van der Waals surface area (Å²) in [7, 11) is -3.13. The van der Waals surface area contributed by atoms with Crippen molar-refractivity contribution in [1.82, 2.24) is 0 Å². The second-order valence-electron chi connectivity index (χ2n) is 2.81. The molecule has 0 radical (unpaired) electrons. The van der Waals surface area contributed by atoms with E-state index in [1.54, 1.807) is 0 Å². The second-order valence-corrected chi connectivity index (χ2v) is 5.13. The third-order valence-corrected chi connectivity index (χ3v) is 4.24. The van der Waals surface area contributed by atoms with Gasteiger partial charge in [-0.25, -0.2) is 0 Å². The molecule has 14 heavy (non-hydrogen) atoms. The van der Waals surface area contributed by atoms with Crippen molar-refractivity contribution in [1.29, 1.82) is 0 Å². The Bertz CT molecular complexity index is 257. The monoisotopic (exact) mass is 216 g/mol. The second kappa shape index (κ2) is 5.42. The van der Waals surface area contributed by atoms with E-state index in [0.717, 1.165) is 5.30 Å². The Kier molecular flexibility index (Phi) is 4.49. The van der Waals surface area contributed by atoms with Crippen molar-refractivity contribution in [2.24, 2.45) is 0 Å². The molecular weight excluding hydrogens is 199 g/mol. The molecule has 0 unspecified atom stereocenters. The van der Waals surface area contributed by atoms with Gasteiger partial charge in [0.2, 0.25) is 0 Å². The van der Waals surface area contributed by atoms with E-state index in [-0.39, 0.29) is 0 Å². The van der Waals surface area contributed by atoms with Gasteiger partial charge >= 0.3 is 84.6 Å². The molecule has 1 aromatic carbocycles. The average molecular weight is 216 g/mol. The maximum absolute atomic E-state index is 10.2. The molecule has 4 heteroatoms. The Balaban J connectivity index is 2.87. The van der Waals surface area contributed by atoms with Gasteiger partial charge in [-0.3, -0.25) is 0 Å². The van der Waals surface area contributed by atoms with Crippen LogP contribution in [0.25, 0.3) is 0 Å². The molecule has 0 heterocycles. The SMILES string of the molecule is CCO[PH](O)(OCC)c1ccccc1. The fourth-order valence-corrected chi connectivity index (χ4v) is 3.06. The van der Waals surface area contributed by atoms with Gasteiger partial charge in [0, 0.05) is 0 Å². The molecule has 0 bridgehead atoms. The van der Waals surface area contributed by atoms with Crippen LogP contribution < -0.4 is 5.30 Å². The predicted molar refractivity (Wildman–Crippen MR) is 59.9 cm³/mol. The molecular formula is C10H17O3P. The van der Waals surface area contributed by atoms with E-state index in [0.29, 0.717) is 13.2 Å². The standard InChI is InChI=1S/C10H17O3P/c1-3-12-14(11,13-4-2)10-8-6-5-7-9-10/h5-9,11,14H,3-4H2,1-2H3. The first-order valence-electron chi connectivity index (χ1n) is 4.78. The van der Waals surface area contributed by atoms with Crippen LogP contribution in [0.3, 0.4) is 0 Å². The van der Waals surface area contributed by atoms with Gasteiger partial charge in [-0.1, -0.05) is 0 Å². The van der Waals surface area contributed by atoms with Crippen LogP contribution in [0.5, 0.6) is 0 Å². The van der Waals surface area contributed by atoms with Crippen LogP contribution in [0.15, 0.2) is 30.3 Å². The topological polar surface area (TPSA) is 38.7 Å². The molecule has 0 fully saturated rings. The van der Waals surface area contributed by atoms with Crippen LogP contribution in [0.4, 0.5) is 0 Å². The Labute approximate surface area is 85.3 Å². The summed E-state index contributed by atoms with van der Waals surface area (Å²) >= 11 is 0. The van der Waals surface area contributed by atoms with E-state index in [9.17, 15) is 4.89 Å². The van der Waals surface area contributed by atoms with E-state index in [1.807, 2.05) is 44.2 Å². The molecule has 80 valence electrons. The van der Waals surface area contributed by atoms with Crippen LogP contribution in [0.1, 0.15) is 13.8 Å². The van der Waals surface area contributed by atoms with Gasteiger partial charge in [-0.2, -0.15) is 0 Å². The summed E-state index contributed by atoms with van der Waals surface area (Å²) in [6, 6.07) is 9.29. The summed E-state index contributed by atoms with van der Waals surface area (Å²) in [5.74, 6) is 0. The Hall–Kier alpha value is -0.470. The summed E-state index contributed by atoms with van der Waals surface area (Å²) in [5.41, 5.74) is 0. The summed E-state index contributed by atoms with van der Waals surface area (Å²) in [6.45, 7) is 4.61. The molecule has 0 aromatic heterocycles. The van der Waals surface area contributed by atoms with E-state index in [2.05, 4.69) is 0 Å². The summed E-state index contributed by atoms with van der Waals surface area (Å²) in [6.07, 6.45) is 0. The first kappa shape index (κ1) is 11.6. The predicted octanol–water partition coefficient (Wildman–Crippen LogP) is 1.87. The van der Waals surface area contributed by atoms with Gasteiger partial charge in [0.1, 0.15) is 0 Å². The van der Waals surface area contributed by atoms with Crippen molar-refractivity contribution < 1.29 is 13.9 Å². The average Bonchev–Trinajstić information content (AvgIpc) is 2.20. The number of hydrogen-bond donors (Lipinski definition) is 1. The van der Waals surface area contributed by atoms with E-state index in [1.165, 1.54) is 0 Å². The Morgan fingerprint density at radius 1 is 1.07 bits per heavy atom. The molecule has 1 N–H and O–H groups in total. The molecule has 0 saturated heterocycles. The summed E-state index contributed by atoms with van der Waals surface area (Å²) in [5, 5.41) is 0.753. The van der Waals surface area contributed by atoms with Gasteiger partial charge in [0.15, 0.2) is 0 Å². The van der Waals surface area contributed by atoms with Gasteiger partial charge < -0.3 is 0 Å². The first-order chi connectivity index (χ1) is 6.73. The zero-order valence-corrected chi connectivity index (χ0v) is 9.56. The fraction of sp³-hybridized carbons (Fsp3) is 0.400. The van der Waals surface area contributed by atoms with Gasteiger partial charge in [-0.15, -0.1) is 0 Å². The maximum atomic E-state index is 10.2. The molecule has 0 spiro atoms. The number of benzene rings is 1. The normalized spacial score (nSPS) is 12.8. The van der Waals surface area contributed by atoms with Crippen LogP contribution >= 0.6 is 7.94 Å². The van der Waals surface area contributed by atoms with Crippen LogP contribution in [0, 0.1) is 0 Å². The first-order valence-corrected chi connectivity index (χ1v) is 6.55. The van der Waals surface area contributed by atoms with Crippen molar-refractivity contribution in [2.75, 3.05) is 13.2 Å². The molecule has 0 aliphatic rings. The van der Waals surface area contributed by atoms with Crippen LogP contribution in [-0.4, -0.2) is 18.1 Å².